The lowest BCUT2D eigenvalue weighted by Crippen LogP contribution is -2.42. The van der Waals surface area contributed by atoms with E-state index in [4.69, 9.17) is 16.2 Å². The number of hydrogen-bond donors (Lipinski definition) is 3. The number of primary amides is 1. The molecule has 2 amide bonds. The van der Waals surface area contributed by atoms with E-state index in [2.05, 4.69) is 21.2 Å². The lowest BCUT2D eigenvalue weighted by molar-refractivity contribution is -0.135. The Bertz CT molecular complexity index is 544. The first-order valence-corrected chi connectivity index (χ1v) is 7.51. The minimum absolute atomic E-state index is 0. The van der Waals surface area contributed by atoms with Gasteiger partial charge in [-0.15, -0.1) is 12.4 Å². The third kappa shape index (κ3) is 4.67. The zero-order valence-corrected chi connectivity index (χ0v) is 14.2. The van der Waals surface area contributed by atoms with Crippen molar-refractivity contribution >= 4 is 40.2 Å². The molecule has 1 heterocycles. The summed E-state index contributed by atoms with van der Waals surface area (Å²) in [5, 5.41) is 2.65. The van der Waals surface area contributed by atoms with Gasteiger partial charge in [0.25, 0.3) is 0 Å². The van der Waals surface area contributed by atoms with Gasteiger partial charge in [-0.3, -0.25) is 9.59 Å². The average Bonchev–Trinajstić information content (AvgIpc) is 2.93. The number of nitrogens with one attached hydrogen (secondary N) is 1. The van der Waals surface area contributed by atoms with Crippen LogP contribution in [0.5, 0.6) is 0 Å². The van der Waals surface area contributed by atoms with Crippen LogP contribution >= 0.6 is 28.3 Å². The molecule has 0 saturated carbocycles. The number of hydrogen-bond acceptors (Lipinski definition) is 4. The van der Waals surface area contributed by atoms with Crippen LogP contribution in [0.15, 0.2) is 28.7 Å². The van der Waals surface area contributed by atoms with Crippen LogP contribution in [-0.4, -0.2) is 30.6 Å². The summed E-state index contributed by atoms with van der Waals surface area (Å²) in [6.07, 6.45) is 0.663. The van der Waals surface area contributed by atoms with Gasteiger partial charge in [0.1, 0.15) is 12.1 Å². The number of nitrogens with two attached hydrogens (primary N) is 2. The molecule has 2 rings (SSSR count). The van der Waals surface area contributed by atoms with Crippen LogP contribution in [0.25, 0.3) is 0 Å². The second-order valence-corrected chi connectivity index (χ2v) is 5.87. The fraction of sp³-hybridized carbons (Fsp3) is 0.429. The van der Waals surface area contributed by atoms with E-state index in [1.807, 2.05) is 6.07 Å². The Labute approximate surface area is 143 Å². The van der Waals surface area contributed by atoms with Gasteiger partial charge in [0.15, 0.2) is 0 Å². The van der Waals surface area contributed by atoms with E-state index >= 15 is 0 Å². The molecule has 1 fully saturated rings. The first-order chi connectivity index (χ1) is 10.0. The number of halogens is 2. The molecule has 0 aliphatic carbocycles. The van der Waals surface area contributed by atoms with Crippen molar-refractivity contribution in [1.82, 2.24) is 5.32 Å². The number of carbonyl (C=O) groups excluding carboxylic acids is 2. The molecule has 6 nitrogen and oxygen atoms in total. The van der Waals surface area contributed by atoms with Crippen LogP contribution in [0.2, 0.25) is 0 Å². The fourth-order valence-corrected chi connectivity index (χ4v) is 2.73. The Balaban J connectivity index is 0.00000242. The number of rotatable bonds is 5. The highest BCUT2D eigenvalue weighted by molar-refractivity contribution is 9.10. The number of amides is 2. The van der Waals surface area contributed by atoms with E-state index in [-0.39, 0.29) is 24.4 Å². The summed E-state index contributed by atoms with van der Waals surface area (Å²) in [5.41, 5.74) is 11.5. The SMILES string of the molecule is Cl.NC[C@H]1CC[C@@H](C(=O)NC(C(N)=O)c2cccc(Br)c2)O1. The van der Waals surface area contributed by atoms with Crippen LogP contribution in [0.3, 0.4) is 0 Å². The van der Waals surface area contributed by atoms with Crippen molar-refractivity contribution in [2.24, 2.45) is 11.5 Å². The number of carbonyl (C=O) groups is 2. The molecule has 0 radical (unpaired) electrons. The van der Waals surface area contributed by atoms with Crippen LogP contribution in [0.1, 0.15) is 24.4 Å². The lowest BCUT2D eigenvalue weighted by Gasteiger charge is -2.19. The van der Waals surface area contributed by atoms with Gasteiger partial charge in [0, 0.05) is 11.0 Å². The topological polar surface area (TPSA) is 107 Å². The maximum absolute atomic E-state index is 12.2. The molecule has 1 unspecified atom stereocenters. The molecule has 8 heteroatoms. The Morgan fingerprint density at radius 1 is 1.41 bits per heavy atom. The van der Waals surface area contributed by atoms with Crippen molar-refractivity contribution < 1.29 is 14.3 Å². The van der Waals surface area contributed by atoms with Crippen molar-refractivity contribution in [3.05, 3.63) is 34.3 Å². The van der Waals surface area contributed by atoms with Gasteiger partial charge < -0.3 is 21.5 Å². The zero-order chi connectivity index (χ0) is 15.4. The van der Waals surface area contributed by atoms with Crippen molar-refractivity contribution in [3.8, 4) is 0 Å². The minimum atomic E-state index is -0.879. The molecule has 5 N–H and O–H groups in total. The third-order valence-electron chi connectivity index (χ3n) is 3.42. The van der Waals surface area contributed by atoms with Crippen molar-refractivity contribution in [3.63, 3.8) is 0 Å². The average molecular weight is 393 g/mol. The van der Waals surface area contributed by atoms with Gasteiger partial charge in [-0.25, -0.2) is 0 Å². The van der Waals surface area contributed by atoms with Gasteiger partial charge in [-0.2, -0.15) is 0 Å². The van der Waals surface area contributed by atoms with E-state index in [0.29, 0.717) is 18.5 Å². The highest BCUT2D eigenvalue weighted by atomic mass is 79.9. The molecule has 0 aromatic heterocycles. The van der Waals surface area contributed by atoms with E-state index in [0.717, 1.165) is 10.9 Å². The van der Waals surface area contributed by atoms with Gasteiger partial charge in [0.2, 0.25) is 11.8 Å². The quantitative estimate of drug-likeness (QED) is 0.695. The van der Waals surface area contributed by atoms with Crippen LogP contribution in [0, 0.1) is 0 Å². The summed E-state index contributed by atoms with van der Waals surface area (Å²) in [5.74, 6) is -0.954. The second kappa shape index (κ2) is 8.47. The molecular weight excluding hydrogens is 374 g/mol. The molecule has 0 spiro atoms. The molecule has 22 heavy (non-hydrogen) atoms. The molecule has 1 aliphatic heterocycles. The van der Waals surface area contributed by atoms with E-state index < -0.39 is 18.1 Å². The summed E-state index contributed by atoms with van der Waals surface area (Å²) in [6.45, 7) is 0.384. The monoisotopic (exact) mass is 391 g/mol. The molecule has 0 bridgehead atoms. The maximum Gasteiger partial charge on any atom is 0.250 e. The van der Waals surface area contributed by atoms with Gasteiger partial charge in [0.05, 0.1) is 6.10 Å². The zero-order valence-electron chi connectivity index (χ0n) is 11.8. The summed E-state index contributed by atoms with van der Waals surface area (Å²) >= 11 is 3.33. The predicted molar refractivity (Wildman–Crippen MR) is 88.4 cm³/mol. The normalized spacial score (nSPS) is 21.7. The molecule has 1 aromatic carbocycles. The minimum Gasteiger partial charge on any atom is -0.368 e. The first-order valence-electron chi connectivity index (χ1n) is 6.72. The van der Waals surface area contributed by atoms with Gasteiger partial charge in [-0.1, -0.05) is 28.1 Å². The second-order valence-electron chi connectivity index (χ2n) is 4.96. The maximum atomic E-state index is 12.2. The lowest BCUT2D eigenvalue weighted by atomic mass is 10.1. The van der Waals surface area contributed by atoms with Crippen LogP contribution in [0.4, 0.5) is 0 Å². The fourth-order valence-electron chi connectivity index (χ4n) is 2.31. The smallest absolute Gasteiger partial charge is 0.250 e. The Hall–Kier alpha value is -1.15. The molecule has 3 atom stereocenters. The standard InChI is InChI=1S/C14H18BrN3O3.ClH/c15-9-3-1-2-8(6-9)12(13(17)19)18-14(20)11-5-4-10(7-16)21-11;/h1-3,6,10-12H,4-5,7,16H2,(H2,17,19)(H,18,20);1H/t10-,11+,12?;/m1./s1. The van der Waals surface area contributed by atoms with Crippen LogP contribution in [-0.2, 0) is 14.3 Å². The summed E-state index contributed by atoms with van der Waals surface area (Å²) in [4.78, 5) is 23.8. The highest BCUT2D eigenvalue weighted by Crippen LogP contribution is 2.22. The summed E-state index contributed by atoms with van der Waals surface area (Å²) in [6, 6.07) is 6.20. The Kier molecular flexibility index (Phi) is 7.28. The molecule has 1 saturated heterocycles. The third-order valence-corrected chi connectivity index (χ3v) is 3.91. The van der Waals surface area contributed by atoms with E-state index in [1.165, 1.54) is 0 Å². The number of benzene rings is 1. The van der Waals surface area contributed by atoms with Crippen molar-refractivity contribution in [2.75, 3.05) is 6.54 Å². The summed E-state index contributed by atoms with van der Waals surface area (Å²) in [7, 11) is 0. The van der Waals surface area contributed by atoms with Crippen molar-refractivity contribution in [2.45, 2.75) is 31.1 Å². The molecule has 1 aliphatic rings. The predicted octanol–water partition coefficient (Wildman–Crippen LogP) is 1.02. The van der Waals surface area contributed by atoms with E-state index in [9.17, 15) is 9.59 Å². The van der Waals surface area contributed by atoms with Gasteiger partial charge >= 0.3 is 0 Å². The Morgan fingerprint density at radius 2 is 2.14 bits per heavy atom. The number of ether oxygens (including phenoxy) is 1. The largest absolute Gasteiger partial charge is 0.368 e. The molecule has 122 valence electrons. The van der Waals surface area contributed by atoms with E-state index in [1.54, 1.807) is 18.2 Å². The molecule has 1 aromatic rings. The summed E-state index contributed by atoms with van der Waals surface area (Å²) < 4.78 is 6.32. The van der Waals surface area contributed by atoms with Crippen molar-refractivity contribution in [1.29, 1.82) is 0 Å². The first kappa shape index (κ1) is 18.9. The highest BCUT2D eigenvalue weighted by Gasteiger charge is 2.32. The Morgan fingerprint density at radius 3 is 2.68 bits per heavy atom. The molecular formula is C14H19BrClN3O3. The van der Waals surface area contributed by atoms with Crippen LogP contribution < -0.4 is 16.8 Å². The van der Waals surface area contributed by atoms with Gasteiger partial charge in [-0.05, 0) is 30.5 Å².